The van der Waals surface area contributed by atoms with Gasteiger partial charge in [0.1, 0.15) is 5.82 Å². The molecule has 0 aliphatic carbocycles. The van der Waals surface area contributed by atoms with Crippen molar-refractivity contribution in [3.63, 3.8) is 0 Å². The third-order valence-corrected chi connectivity index (χ3v) is 6.64. The molecule has 2 aliphatic heterocycles. The van der Waals surface area contributed by atoms with Crippen molar-refractivity contribution in [1.82, 2.24) is 4.90 Å². The topological polar surface area (TPSA) is 45.1 Å². The Morgan fingerprint density at radius 3 is 2.43 bits per heavy atom. The molecule has 2 fully saturated rings. The second-order valence-electron chi connectivity index (χ2n) is 7.15. The number of nitrogens with zero attached hydrogens (tertiary/aromatic N) is 2. The summed E-state index contributed by atoms with van der Waals surface area (Å²) >= 11 is 13.0. The van der Waals surface area contributed by atoms with Gasteiger partial charge in [-0.2, -0.15) is 0 Å². The van der Waals surface area contributed by atoms with Gasteiger partial charge in [-0.05, 0) is 59.8 Å². The maximum absolute atomic E-state index is 13.1. The van der Waals surface area contributed by atoms with Gasteiger partial charge in [-0.1, -0.05) is 29.3 Å². The van der Waals surface area contributed by atoms with Gasteiger partial charge >= 0.3 is 0 Å². The van der Waals surface area contributed by atoms with Crippen LogP contribution in [0.5, 0.6) is 0 Å². The Balaban J connectivity index is 1.38. The van der Waals surface area contributed by atoms with E-state index in [1.807, 2.05) is 0 Å². The van der Waals surface area contributed by atoms with E-state index in [1.54, 1.807) is 36.4 Å². The number of halogens is 3. The molecule has 2 saturated heterocycles. The molecule has 0 radical (unpaired) electrons. The molecule has 1 N–H and O–H groups in total. The Hall–Kier alpha value is -2.06. The molecule has 2 aromatic carbocycles. The van der Waals surface area contributed by atoms with Gasteiger partial charge in [0.15, 0.2) is 6.67 Å². The predicted molar refractivity (Wildman–Crippen MR) is 118 cm³/mol. The molecule has 2 heterocycles. The third kappa shape index (κ3) is 4.64. The van der Waals surface area contributed by atoms with E-state index in [0.29, 0.717) is 27.2 Å². The number of quaternary nitrogens is 1. The van der Waals surface area contributed by atoms with Gasteiger partial charge < -0.3 is 9.80 Å². The van der Waals surface area contributed by atoms with Crippen molar-refractivity contribution < 1.29 is 18.9 Å². The van der Waals surface area contributed by atoms with Crippen molar-refractivity contribution in [2.24, 2.45) is 0 Å². The molecule has 0 atom stereocenters. The highest BCUT2D eigenvalue weighted by molar-refractivity contribution is 8.18. The van der Waals surface area contributed by atoms with E-state index in [2.05, 4.69) is 4.90 Å². The molecule has 9 heteroatoms. The smallest absolute Gasteiger partial charge is 0.298 e. The number of hydrogen-bond acceptors (Lipinski definition) is 4. The van der Waals surface area contributed by atoms with Gasteiger partial charge in [0.2, 0.25) is 0 Å². The van der Waals surface area contributed by atoms with Crippen LogP contribution in [0.3, 0.4) is 0 Å². The lowest BCUT2D eigenvalue weighted by Crippen LogP contribution is -3.16. The summed E-state index contributed by atoms with van der Waals surface area (Å²) in [5, 5.41) is 0.662. The molecule has 0 aromatic heterocycles. The van der Waals surface area contributed by atoms with Crippen molar-refractivity contribution in [1.29, 1.82) is 0 Å². The van der Waals surface area contributed by atoms with E-state index in [1.165, 1.54) is 17.0 Å². The lowest BCUT2D eigenvalue weighted by molar-refractivity contribution is -0.907. The minimum absolute atomic E-state index is 0.254. The number of piperazine rings is 1. The molecular formula is C21H19Cl2FN3O2S+. The first kappa shape index (κ1) is 21.2. The van der Waals surface area contributed by atoms with Crippen molar-refractivity contribution in [2.45, 2.75) is 0 Å². The molecule has 0 bridgehead atoms. The summed E-state index contributed by atoms with van der Waals surface area (Å²) in [7, 11) is 0. The normalized spacial score (nSPS) is 19.2. The summed E-state index contributed by atoms with van der Waals surface area (Å²) in [6.45, 7) is 3.43. The highest BCUT2D eigenvalue weighted by Gasteiger charge is 2.38. The van der Waals surface area contributed by atoms with Crippen LogP contribution in [-0.2, 0) is 4.79 Å². The van der Waals surface area contributed by atoms with Crippen LogP contribution < -0.4 is 9.80 Å². The summed E-state index contributed by atoms with van der Waals surface area (Å²) in [6.07, 6.45) is 1.63. The first-order chi connectivity index (χ1) is 14.4. The standard InChI is InChI=1S/C21H18Cl2FN3O2S/c22-15-2-1-14(18(23)12-15)11-19-20(28)27(21(29)30-19)13-25-7-9-26(10-8-25)17-5-3-16(24)4-6-17/h1-6,11-12H,7-10,13H2/p+1/b19-11+. The number of thioether (sulfide) groups is 1. The van der Waals surface area contributed by atoms with Crippen molar-refractivity contribution >= 4 is 57.9 Å². The molecule has 2 aliphatic rings. The van der Waals surface area contributed by atoms with Crippen LogP contribution in [0.15, 0.2) is 47.4 Å². The molecule has 2 amide bonds. The monoisotopic (exact) mass is 466 g/mol. The van der Waals surface area contributed by atoms with E-state index >= 15 is 0 Å². The zero-order chi connectivity index (χ0) is 21.3. The summed E-state index contributed by atoms with van der Waals surface area (Å²) in [6, 6.07) is 11.5. The summed E-state index contributed by atoms with van der Waals surface area (Å²) in [5.41, 5.74) is 1.62. The highest BCUT2D eigenvalue weighted by Crippen LogP contribution is 2.33. The fraction of sp³-hybridized carbons (Fsp3) is 0.238. The fourth-order valence-electron chi connectivity index (χ4n) is 3.51. The maximum Gasteiger partial charge on any atom is 0.298 e. The molecular weight excluding hydrogens is 448 g/mol. The number of anilines is 1. The van der Waals surface area contributed by atoms with Gasteiger partial charge in [0.05, 0.1) is 31.1 Å². The van der Waals surface area contributed by atoms with Gasteiger partial charge in [-0.3, -0.25) is 9.59 Å². The average molecular weight is 467 g/mol. The molecule has 30 heavy (non-hydrogen) atoms. The van der Waals surface area contributed by atoms with Crippen LogP contribution in [0, 0.1) is 5.82 Å². The van der Waals surface area contributed by atoms with Gasteiger partial charge in [0, 0.05) is 15.7 Å². The Labute approximate surface area is 188 Å². The molecule has 2 aromatic rings. The zero-order valence-electron chi connectivity index (χ0n) is 15.9. The molecule has 0 saturated carbocycles. The fourth-order valence-corrected chi connectivity index (χ4v) is 4.80. The first-order valence-electron chi connectivity index (χ1n) is 9.45. The Kier molecular flexibility index (Phi) is 6.34. The van der Waals surface area contributed by atoms with Gasteiger partial charge in [-0.15, -0.1) is 0 Å². The van der Waals surface area contributed by atoms with Crippen LogP contribution in [-0.4, -0.2) is 48.9 Å². The number of carbonyl (C=O) groups excluding carboxylic acids is 2. The van der Waals surface area contributed by atoms with E-state index < -0.39 is 0 Å². The highest BCUT2D eigenvalue weighted by atomic mass is 35.5. The quantitative estimate of drug-likeness (QED) is 0.700. The number of carbonyl (C=O) groups is 2. The van der Waals surface area contributed by atoms with Crippen molar-refractivity contribution in [3.05, 3.63) is 68.8 Å². The van der Waals surface area contributed by atoms with Crippen molar-refractivity contribution in [2.75, 3.05) is 37.7 Å². The van der Waals surface area contributed by atoms with Crippen molar-refractivity contribution in [3.8, 4) is 0 Å². The summed E-state index contributed by atoms with van der Waals surface area (Å²) in [4.78, 5) is 30.2. The number of rotatable bonds is 4. The Bertz CT molecular complexity index is 1010. The minimum atomic E-state index is -0.301. The SMILES string of the molecule is O=C1S/C(=C/c2ccc(Cl)cc2Cl)C(=O)N1C[NH+]1CCN(c2ccc(F)cc2)CC1. The van der Waals surface area contributed by atoms with E-state index in [4.69, 9.17) is 23.2 Å². The van der Waals surface area contributed by atoms with E-state index in [9.17, 15) is 14.0 Å². The van der Waals surface area contributed by atoms with Gasteiger partial charge in [-0.25, -0.2) is 9.29 Å². The number of imide groups is 1. The maximum atomic E-state index is 13.1. The first-order valence-corrected chi connectivity index (χ1v) is 11.0. The van der Waals surface area contributed by atoms with Crippen LogP contribution >= 0.6 is 35.0 Å². The lowest BCUT2D eigenvalue weighted by Gasteiger charge is -2.34. The minimum Gasteiger partial charge on any atom is -0.360 e. The van der Waals surface area contributed by atoms with Crippen LogP contribution in [0.25, 0.3) is 6.08 Å². The number of hydrogen-bond donors (Lipinski definition) is 1. The van der Waals surface area contributed by atoms with E-state index in [0.717, 1.165) is 48.5 Å². The molecule has 5 nitrogen and oxygen atoms in total. The lowest BCUT2D eigenvalue weighted by atomic mass is 10.2. The summed E-state index contributed by atoms with van der Waals surface area (Å²) < 4.78 is 13.1. The van der Waals surface area contributed by atoms with Crippen LogP contribution in [0.4, 0.5) is 14.9 Å². The second-order valence-corrected chi connectivity index (χ2v) is 8.98. The third-order valence-electron chi connectivity index (χ3n) is 5.17. The molecule has 0 spiro atoms. The number of benzene rings is 2. The Morgan fingerprint density at radius 1 is 1.07 bits per heavy atom. The Morgan fingerprint density at radius 2 is 1.77 bits per heavy atom. The van der Waals surface area contributed by atoms with Crippen LogP contribution in [0.2, 0.25) is 10.0 Å². The average Bonchev–Trinajstić information content (AvgIpc) is 2.99. The predicted octanol–water partition coefficient (Wildman–Crippen LogP) is 3.53. The largest absolute Gasteiger partial charge is 0.360 e. The molecule has 156 valence electrons. The zero-order valence-corrected chi connectivity index (χ0v) is 18.2. The molecule has 4 rings (SSSR count). The summed E-state index contributed by atoms with van der Waals surface area (Å²) in [5.74, 6) is -0.556. The molecule has 0 unspecified atom stereocenters. The van der Waals surface area contributed by atoms with E-state index in [-0.39, 0.29) is 17.0 Å². The number of amides is 2. The number of nitrogens with one attached hydrogen (secondary N) is 1. The van der Waals surface area contributed by atoms with Gasteiger partial charge in [0.25, 0.3) is 11.1 Å². The van der Waals surface area contributed by atoms with Crippen LogP contribution in [0.1, 0.15) is 5.56 Å². The second kappa shape index (κ2) is 8.98.